The molecular formula is C6H8ClFN4. The predicted molar refractivity (Wildman–Crippen MR) is 44.0 cm³/mol. The van der Waals surface area contributed by atoms with Gasteiger partial charge in [0.15, 0.2) is 0 Å². The lowest BCUT2D eigenvalue weighted by atomic mass is 10.6. The summed E-state index contributed by atoms with van der Waals surface area (Å²) < 4.78 is 11.7. The fourth-order valence-electron chi connectivity index (χ4n) is 0.687. The van der Waals surface area contributed by atoms with Gasteiger partial charge in [-0.2, -0.15) is 9.97 Å². The molecule has 0 aliphatic carbocycles. The summed E-state index contributed by atoms with van der Waals surface area (Å²) in [6.07, 6.45) is 0. The van der Waals surface area contributed by atoms with E-state index >= 15 is 0 Å². The largest absolute Gasteiger partial charge is 0.351 e. The number of nitrogens with one attached hydrogen (secondary N) is 1. The number of nitrogens with zero attached hydrogens (tertiary/aromatic N) is 3. The highest BCUT2D eigenvalue weighted by molar-refractivity contribution is 6.28. The van der Waals surface area contributed by atoms with E-state index < -0.39 is 6.67 Å². The van der Waals surface area contributed by atoms with Crippen LogP contribution in [0.4, 0.5) is 10.3 Å². The Kier molecular flexibility index (Phi) is 3.16. The van der Waals surface area contributed by atoms with Crippen LogP contribution < -0.4 is 5.32 Å². The van der Waals surface area contributed by atoms with Crippen molar-refractivity contribution in [2.45, 2.75) is 6.92 Å². The number of rotatable bonds is 3. The van der Waals surface area contributed by atoms with Gasteiger partial charge >= 0.3 is 0 Å². The second-order valence-electron chi connectivity index (χ2n) is 2.09. The molecule has 0 aliphatic rings. The Labute approximate surface area is 74.2 Å². The van der Waals surface area contributed by atoms with Crippen molar-refractivity contribution < 1.29 is 4.39 Å². The Morgan fingerprint density at radius 1 is 1.42 bits per heavy atom. The predicted octanol–water partition coefficient (Wildman–Crippen LogP) is 1.21. The molecule has 0 aromatic carbocycles. The average molecular weight is 191 g/mol. The van der Waals surface area contributed by atoms with Gasteiger partial charge in [-0.1, -0.05) is 0 Å². The highest BCUT2D eigenvalue weighted by Crippen LogP contribution is 2.04. The maximum absolute atomic E-state index is 11.7. The van der Waals surface area contributed by atoms with Crippen molar-refractivity contribution in [2.24, 2.45) is 0 Å². The molecule has 1 aromatic heterocycles. The summed E-state index contributed by atoms with van der Waals surface area (Å²) in [5.74, 6) is 0.821. The minimum Gasteiger partial charge on any atom is -0.351 e. The fraction of sp³-hybridized carbons (Fsp3) is 0.500. The summed E-state index contributed by atoms with van der Waals surface area (Å²) in [5.41, 5.74) is 0. The number of hydrogen-bond acceptors (Lipinski definition) is 4. The molecule has 4 nitrogen and oxygen atoms in total. The van der Waals surface area contributed by atoms with Crippen LogP contribution in [0, 0.1) is 6.92 Å². The van der Waals surface area contributed by atoms with Crippen molar-refractivity contribution in [1.29, 1.82) is 0 Å². The zero-order valence-electron chi connectivity index (χ0n) is 6.51. The summed E-state index contributed by atoms with van der Waals surface area (Å²) >= 11 is 5.53. The number of aromatic nitrogens is 3. The minimum absolute atomic E-state index is 0.115. The Balaban J connectivity index is 2.72. The van der Waals surface area contributed by atoms with Crippen LogP contribution in [-0.4, -0.2) is 28.2 Å². The van der Waals surface area contributed by atoms with E-state index in [1.807, 2.05) is 0 Å². The molecule has 0 unspecified atom stereocenters. The third kappa shape index (κ3) is 2.58. The Morgan fingerprint density at radius 2 is 2.17 bits per heavy atom. The first-order chi connectivity index (χ1) is 5.72. The maximum atomic E-state index is 11.7. The number of aryl methyl sites for hydroxylation is 1. The summed E-state index contributed by atoms with van der Waals surface area (Å²) in [4.78, 5) is 11.4. The molecule has 0 bridgehead atoms. The fourth-order valence-corrected chi connectivity index (χ4v) is 0.890. The molecule has 66 valence electrons. The van der Waals surface area contributed by atoms with Crippen LogP contribution in [0.5, 0.6) is 0 Å². The molecule has 0 atom stereocenters. The molecule has 0 radical (unpaired) electrons. The summed E-state index contributed by atoms with van der Waals surface area (Å²) in [6.45, 7) is 1.40. The monoisotopic (exact) mass is 190 g/mol. The number of halogens is 2. The van der Waals surface area contributed by atoms with Crippen molar-refractivity contribution in [1.82, 2.24) is 15.0 Å². The quantitative estimate of drug-likeness (QED) is 0.779. The van der Waals surface area contributed by atoms with E-state index in [-0.39, 0.29) is 11.8 Å². The van der Waals surface area contributed by atoms with Crippen LogP contribution in [0.25, 0.3) is 0 Å². The van der Waals surface area contributed by atoms with E-state index in [0.717, 1.165) is 0 Å². The lowest BCUT2D eigenvalue weighted by molar-refractivity contribution is 0.511. The smallest absolute Gasteiger partial charge is 0.227 e. The van der Waals surface area contributed by atoms with E-state index in [2.05, 4.69) is 20.3 Å². The van der Waals surface area contributed by atoms with Crippen LogP contribution in [0.1, 0.15) is 5.82 Å². The Bertz CT molecular complexity index is 247. The highest BCUT2D eigenvalue weighted by atomic mass is 35.5. The standard InChI is InChI=1S/C6H8ClFN4/c1-4-10-5(7)12-6(11-4)9-3-2-8/h2-3H2,1H3,(H,9,10,11,12). The molecule has 1 N–H and O–H groups in total. The SMILES string of the molecule is Cc1nc(Cl)nc(NCCF)n1. The normalized spacial score (nSPS) is 9.92. The van der Waals surface area contributed by atoms with Crippen LogP contribution in [-0.2, 0) is 0 Å². The lowest BCUT2D eigenvalue weighted by Gasteiger charge is -2.01. The first-order valence-corrected chi connectivity index (χ1v) is 3.78. The zero-order valence-corrected chi connectivity index (χ0v) is 7.27. The lowest BCUT2D eigenvalue weighted by Crippen LogP contribution is -2.08. The van der Waals surface area contributed by atoms with Crippen LogP contribution in [0.3, 0.4) is 0 Å². The van der Waals surface area contributed by atoms with Gasteiger partial charge in [0, 0.05) is 6.54 Å². The topological polar surface area (TPSA) is 50.7 Å². The van der Waals surface area contributed by atoms with Crippen molar-refractivity contribution in [3.05, 3.63) is 11.1 Å². The third-order valence-electron chi connectivity index (χ3n) is 1.10. The molecule has 0 saturated carbocycles. The average Bonchev–Trinajstić information content (AvgIpc) is 1.99. The van der Waals surface area contributed by atoms with Gasteiger partial charge in [0.2, 0.25) is 11.2 Å². The van der Waals surface area contributed by atoms with E-state index in [4.69, 9.17) is 11.6 Å². The second kappa shape index (κ2) is 4.15. The van der Waals surface area contributed by atoms with Gasteiger partial charge in [0.1, 0.15) is 12.5 Å². The van der Waals surface area contributed by atoms with Gasteiger partial charge in [-0.15, -0.1) is 0 Å². The molecule has 0 spiro atoms. The molecule has 0 amide bonds. The van der Waals surface area contributed by atoms with Gasteiger partial charge in [0.05, 0.1) is 0 Å². The first kappa shape index (κ1) is 9.12. The van der Waals surface area contributed by atoms with Crippen molar-refractivity contribution in [2.75, 3.05) is 18.5 Å². The Hall–Kier alpha value is -0.970. The van der Waals surface area contributed by atoms with E-state index in [1.165, 1.54) is 0 Å². The molecule has 0 saturated heterocycles. The number of hydrogen-bond donors (Lipinski definition) is 1. The van der Waals surface area contributed by atoms with Crippen molar-refractivity contribution in [3.8, 4) is 0 Å². The summed E-state index contributed by atoms with van der Waals surface area (Å²) in [5, 5.41) is 2.77. The van der Waals surface area contributed by atoms with Crippen LogP contribution >= 0.6 is 11.6 Å². The van der Waals surface area contributed by atoms with Gasteiger partial charge in [-0.3, -0.25) is 0 Å². The van der Waals surface area contributed by atoms with Crippen molar-refractivity contribution in [3.63, 3.8) is 0 Å². The van der Waals surface area contributed by atoms with Gasteiger partial charge in [-0.25, -0.2) is 9.37 Å². The summed E-state index contributed by atoms with van der Waals surface area (Å²) in [6, 6.07) is 0. The van der Waals surface area contributed by atoms with E-state index in [9.17, 15) is 4.39 Å². The first-order valence-electron chi connectivity index (χ1n) is 3.40. The molecule has 0 fully saturated rings. The van der Waals surface area contributed by atoms with Crippen LogP contribution in [0.15, 0.2) is 0 Å². The number of alkyl halides is 1. The number of anilines is 1. The molecule has 12 heavy (non-hydrogen) atoms. The zero-order chi connectivity index (χ0) is 8.97. The second-order valence-corrected chi connectivity index (χ2v) is 2.43. The van der Waals surface area contributed by atoms with Gasteiger partial charge < -0.3 is 5.32 Å². The molecule has 0 aliphatic heterocycles. The molecule has 1 aromatic rings. The maximum Gasteiger partial charge on any atom is 0.227 e. The van der Waals surface area contributed by atoms with Crippen molar-refractivity contribution >= 4 is 17.5 Å². The minimum atomic E-state index is -0.470. The van der Waals surface area contributed by atoms with E-state index in [0.29, 0.717) is 11.8 Å². The van der Waals surface area contributed by atoms with E-state index in [1.54, 1.807) is 6.92 Å². The third-order valence-corrected chi connectivity index (χ3v) is 1.27. The molecule has 6 heteroatoms. The summed E-state index contributed by atoms with van der Waals surface area (Å²) in [7, 11) is 0. The molecular weight excluding hydrogens is 183 g/mol. The van der Waals surface area contributed by atoms with Gasteiger partial charge in [-0.05, 0) is 18.5 Å². The molecule has 1 heterocycles. The van der Waals surface area contributed by atoms with Crippen LogP contribution in [0.2, 0.25) is 5.28 Å². The highest BCUT2D eigenvalue weighted by Gasteiger charge is 1.99. The molecule has 1 rings (SSSR count). The van der Waals surface area contributed by atoms with Gasteiger partial charge in [0.25, 0.3) is 0 Å². The Morgan fingerprint density at radius 3 is 2.75 bits per heavy atom.